The van der Waals surface area contributed by atoms with Crippen molar-refractivity contribution in [2.24, 2.45) is 0 Å². The van der Waals surface area contributed by atoms with Crippen molar-refractivity contribution in [3.8, 4) is 0 Å². The number of rotatable bonds is 41. The van der Waals surface area contributed by atoms with E-state index in [2.05, 4.69) is 63.3 Å². The summed E-state index contributed by atoms with van der Waals surface area (Å²) in [6.07, 6.45) is 53.4. The molecule has 1 atom stereocenters. The summed E-state index contributed by atoms with van der Waals surface area (Å²) in [5, 5.41) is 0. The van der Waals surface area contributed by atoms with Crippen molar-refractivity contribution in [3.05, 3.63) is 60.8 Å². The smallest absolute Gasteiger partial charge is 0.306 e. The van der Waals surface area contributed by atoms with E-state index >= 15 is 0 Å². The number of carbonyl (C=O) groups excluding carboxylic acids is 3. The normalized spacial score (nSPS) is 12.6. The second kappa shape index (κ2) is 44.8. The minimum absolute atomic E-state index is 0.0871. The fourth-order valence-corrected chi connectivity index (χ4v) is 6.33. The zero-order chi connectivity index (χ0) is 40.8. The fraction of sp³-hybridized carbons (Fsp3) is 0.740. The topological polar surface area (TPSA) is 78.9 Å². The van der Waals surface area contributed by atoms with Gasteiger partial charge >= 0.3 is 17.9 Å². The van der Waals surface area contributed by atoms with Crippen LogP contribution in [0.3, 0.4) is 0 Å². The second-order valence-corrected chi connectivity index (χ2v) is 15.4. The van der Waals surface area contributed by atoms with Gasteiger partial charge in [0.15, 0.2) is 6.10 Å². The molecule has 0 spiro atoms. The van der Waals surface area contributed by atoms with Crippen LogP contribution in [0.15, 0.2) is 60.8 Å². The Labute approximate surface area is 345 Å². The summed E-state index contributed by atoms with van der Waals surface area (Å²) in [7, 11) is 0. The van der Waals surface area contributed by atoms with E-state index in [0.717, 1.165) is 96.3 Å². The number of esters is 3. The molecule has 0 aliphatic rings. The summed E-state index contributed by atoms with van der Waals surface area (Å²) in [5.74, 6) is -0.930. The SMILES string of the molecule is CC\C=C/C=C\C=C/C=C\CCCCCCCC(=O)OCC(COC(=O)CCCCCCCCCCCC)OC(=O)CCCCC/C=C\CCCCCCCC. The molecular formula is C50H86O6. The summed E-state index contributed by atoms with van der Waals surface area (Å²) in [5.41, 5.74) is 0. The highest BCUT2D eigenvalue weighted by atomic mass is 16.6. The van der Waals surface area contributed by atoms with Crippen molar-refractivity contribution in [1.29, 1.82) is 0 Å². The molecule has 0 aromatic heterocycles. The van der Waals surface area contributed by atoms with Crippen molar-refractivity contribution in [3.63, 3.8) is 0 Å². The molecule has 0 saturated carbocycles. The van der Waals surface area contributed by atoms with Gasteiger partial charge in [0, 0.05) is 19.3 Å². The molecule has 0 amide bonds. The quantitative estimate of drug-likeness (QED) is 0.0202. The molecule has 6 heteroatoms. The molecule has 0 heterocycles. The minimum Gasteiger partial charge on any atom is -0.462 e. The molecule has 6 nitrogen and oxygen atoms in total. The largest absolute Gasteiger partial charge is 0.462 e. The molecule has 0 aliphatic heterocycles. The van der Waals surface area contributed by atoms with Crippen LogP contribution < -0.4 is 0 Å². The maximum absolute atomic E-state index is 12.7. The third-order valence-corrected chi connectivity index (χ3v) is 9.85. The third-order valence-electron chi connectivity index (χ3n) is 9.85. The molecular weight excluding hydrogens is 697 g/mol. The Balaban J connectivity index is 4.43. The Hall–Kier alpha value is -2.89. The van der Waals surface area contributed by atoms with Crippen LogP contribution >= 0.6 is 0 Å². The van der Waals surface area contributed by atoms with Crippen LogP contribution in [0.25, 0.3) is 0 Å². The van der Waals surface area contributed by atoms with Crippen molar-refractivity contribution < 1.29 is 28.6 Å². The molecule has 0 aliphatic carbocycles. The average Bonchev–Trinajstić information content (AvgIpc) is 3.19. The summed E-state index contributed by atoms with van der Waals surface area (Å²) in [4.78, 5) is 37.7. The Morgan fingerprint density at radius 1 is 0.375 bits per heavy atom. The van der Waals surface area contributed by atoms with Crippen LogP contribution in [0.1, 0.15) is 220 Å². The predicted molar refractivity (Wildman–Crippen MR) is 238 cm³/mol. The van der Waals surface area contributed by atoms with E-state index in [1.807, 2.05) is 18.2 Å². The molecule has 56 heavy (non-hydrogen) atoms. The van der Waals surface area contributed by atoms with E-state index < -0.39 is 6.10 Å². The van der Waals surface area contributed by atoms with Crippen molar-refractivity contribution in [2.75, 3.05) is 13.2 Å². The summed E-state index contributed by atoms with van der Waals surface area (Å²) in [6.45, 7) is 6.43. The van der Waals surface area contributed by atoms with Gasteiger partial charge in [-0.2, -0.15) is 0 Å². The van der Waals surface area contributed by atoms with Gasteiger partial charge in [0.2, 0.25) is 0 Å². The maximum atomic E-state index is 12.7. The zero-order valence-electron chi connectivity index (χ0n) is 36.6. The molecule has 1 unspecified atom stereocenters. The Morgan fingerprint density at radius 3 is 1.16 bits per heavy atom. The highest BCUT2D eigenvalue weighted by molar-refractivity contribution is 5.71. The first-order chi connectivity index (χ1) is 27.5. The minimum atomic E-state index is -0.787. The fourth-order valence-electron chi connectivity index (χ4n) is 6.33. The number of hydrogen-bond acceptors (Lipinski definition) is 6. The van der Waals surface area contributed by atoms with Gasteiger partial charge in [0.25, 0.3) is 0 Å². The lowest BCUT2D eigenvalue weighted by Gasteiger charge is -2.18. The van der Waals surface area contributed by atoms with E-state index in [1.54, 1.807) is 0 Å². The first kappa shape index (κ1) is 53.1. The van der Waals surface area contributed by atoms with E-state index in [4.69, 9.17) is 14.2 Å². The van der Waals surface area contributed by atoms with Crippen molar-refractivity contribution in [2.45, 2.75) is 226 Å². The molecule has 0 N–H and O–H groups in total. The number of allylic oxidation sites excluding steroid dienone is 10. The van der Waals surface area contributed by atoms with Gasteiger partial charge < -0.3 is 14.2 Å². The summed E-state index contributed by atoms with van der Waals surface area (Å²) in [6, 6.07) is 0. The lowest BCUT2D eigenvalue weighted by atomic mass is 10.1. The molecule has 0 fully saturated rings. The first-order valence-electron chi connectivity index (χ1n) is 23.3. The Morgan fingerprint density at radius 2 is 0.714 bits per heavy atom. The van der Waals surface area contributed by atoms with Gasteiger partial charge in [-0.15, -0.1) is 0 Å². The monoisotopic (exact) mass is 783 g/mol. The van der Waals surface area contributed by atoms with Gasteiger partial charge in [-0.05, 0) is 64.2 Å². The Bertz CT molecular complexity index is 1040. The van der Waals surface area contributed by atoms with Gasteiger partial charge in [0.1, 0.15) is 13.2 Å². The summed E-state index contributed by atoms with van der Waals surface area (Å²) >= 11 is 0. The van der Waals surface area contributed by atoms with Crippen LogP contribution in [0.5, 0.6) is 0 Å². The second-order valence-electron chi connectivity index (χ2n) is 15.4. The number of ether oxygens (including phenoxy) is 3. The predicted octanol–water partition coefficient (Wildman–Crippen LogP) is 14.9. The zero-order valence-corrected chi connectivity index (χ0v) is 36.6. The summed E-state index contributed by atoms with van der Waals surface area (Å²) < 4.78 is 16.7. The molecule has 0 aromatic carbocycles. The molecule has 0 radical (unpaired) electrons. The van der Waals surface area contributed by atoms with Crippen LogP contribution in [-0.4, -0.2) is 37.2 Å². The highest BCUT2D eigenvalue weighted by Crippen LogP contribution is 2.14. The standard InChI is InChI=1S/C50H86O6/c1-4-7-10-13-16-19-22-24-25-27-28-31-34-37-40-43-49(52)55-46-47(45-54-48(51)42-39-36-33-30-21-18-15-12-9-6-3)56-50(53)44-41-38-35-32-29-26-23-20-17-14-11-8-5-2/h7,10,13,16,19,22,24-26,29,47H,4-6,8-9,11-12,14-15,17-18,20-21,23,27-28,30-46H2,1-3H3/b10-7-,16-13-,22-19-,25-24-,29-26-. The van der Waals surface area contributed by atoms with E-state index in [-0.39, 0.29) is 31.1 Å². The van der Waals surface area contributed by atoms with Gasteiger partial charge in [-0.3, -0.25) is 14.4 Å². The van der Waals surface area contributed by atoms with Crippen LogP contribution in [-0.2, 0) is 28.6 Å². The van der Waals surface area contributed by atoms with E-state index in [9.17, 15) is 14.4 Å². The Kier molecular flexibility index (Phi) is 42.5. The van der Waals surface area contributed by atoms with Crippen molar-refractivity contribution in [1.82, 2.24) is 0 Å². The molecule has 322 valence electrons. The number of carbonyl (C=O) groups is 3. The third kappa shape index (κ3) is 42.3. The first-order valence-corrected chi connectivity index (χ1v) is 23.3. The molecule has 0 rings (SSSR count). The number of unbranched alkanes of at least 4 members (excludes halogenated alkanes) is 23. The van der Waals surface area contributed by atoms with Crippen molar-refractivity contribution >= 4 is 17.9 Å². The van der Waals surface area contributed by atoms with E-state index in [1.165, 1.54) is 83.5 Å². The van der Waals surface area contributed by atoms with Crippen LogP contribution in [0.2, 0.25) is 0 Å². The molecule has 0 saturated heterocycles. The number of hydrogen-bond donors (Lipinski definition) is 0. The molecule has 0 bridgehead atoms. The van der Waals surface area contributed by atoms with Gasteiger partial charge in [-0.25, -0.2) is 0 Å². The lowest BCUT2D eigenvalue weighted by molar-refractivity contribution is -0.167. The van der Waals surface area contributed by atoms with Gasteiger partial charge in [0.05, 0.1) is 0 Å². The lowest BCUT2D eigenvalue weighted by Crippen LogP contribution is -2.30. The average molecular weight is 783 g/mol. The maximum Gasteiger partial charge on any atom is 0.306 e. The highest BCUT2D eigenvalue weighted by Gasteiger charge is 2.19. The van der Waals surface area contributed by atoms with Gasteiger partial charge in [-0.1, -0.05) is 197 Å². The molecule has 0 aromatic rings. The van der Waals surface area contributed by atoms with Crippen LogP contribution in [0.4, 0.5) is 0 Å². The van der Waals surface area contributed by atoms with E-state index in [0.29, 0.717) is 19.3 Å². The van der Waals surface area contributed by atoms with Crippen LogP contribution in [0, 0.1) is 0 Å².